The molecule has 0 bridgehead atoms. The summed E-state index contributed by atoms with van der Waals surface area (Å²) in [7, 11) is 1.60. The normalized spacial score (nSPS) is 12.2. The molecule has 1 unspecified atom stereocenters. The maximum atomic E-state index is 10.4. The number of rotatable bonds is 6. The highest BCUT2D eigenvalue weighted by Crippen LogP contribution is 2.26. The van der Waals surface area contributed by atoms with Crippen LogP contribution in [0.5, 0.6) is 5.75 Å². The average Bonchev–Trinajstić information content (AvgIpc) is 2.27. The number of aliphatic hydroxyl groups is 1. The first kappa shape index (κ1) is 14.5. The number of carboxylic acids is 1. The van der Waals surface area contributed by atoms with Crippen molar-refractivity contribution >= 4 is 5.97 Å². The van der Waals surface area contributed by atoms with Crippen LogP contribution in [0.3, 0.4) is 0 Å². The van der Waals surface area contributed by atoms with Crippen molar-refractivity contribution in [2.45, 2.75) is 20.0 Å². The summed E-state index contributed by atoms with van der Waals surface area (Å²) in [6.45, 7) is 3.84. The Morgan fingerprint density at radius 2 is 1.94 bits per heavy atom. The van der Waals surface area contributed by atoms with Gasteiger partial charge in [-0.3, -0.25) is 4.79 Å². The van der Waals surface area contributed by atoms with Crippen molar-refractivity contribution < 1.29 is 19.7 Å². The van der Waals surface area contributed by atoms with Gasteiger partial charge in [-0.1, -0.05) is 0 Å². The highest BCUT2D eigenvalue weighted by Gasteiger charge is 2.14. The monoisotopic (exact) mass is 253 g/mol. The van der Waals surface area contributed by atoms with Crippen LogP contribution in [-0.4, -0.2) is 36.4 Å². The molecule has 3 N–H and O–H groups in total. The van der Waals surface area contributed by atoms with Gasteiger partial charge in [0.25, 0.3) is 0 Å². The van der Waals surface area contributed by atoms with E-state index in [0.717, 1.165) is 22.4 Å². The van der Waals surface area contributed by atoms with Crippen molar-refractivity contribution in [2.24, 2.45) is 0 Å². The second-order valence-corrected chi connectivity index (χ2v) is 4.22. The Bertz CT molecular complexity index is 408. The first-order valence-corrected chi connectivity index (χ1v) is 5.71. The quantitative estimate of drug-likeness (QED) is 0.705. The van der Waals surface area contributed by atoms with Crippen molar-refractivity contribution in [1.82, 2.24) is 5.32 Å². The molecule has 0 radical (unpaired) electrons. The molecule has 1 aromatic rings. The first-order chi connectivity index (χ1) is 8.45. The fourth-order valence-electron chi connectivity index (χ4n) is 2.00. The number of aliphatic hydroxyl groups excluding tert-OH is 1. The predicted octanol–water partition coefficient (Wildman–Crippen LogP) is 1.02. The van der Waals surface area contributed by atoms with Crippen LogP contribution in [0.2, 0.25) is 0 Å². The third-order valence-corrected chi connectivity index (χ3v) is 2.75. The van der Waals surface area contributed by atoms with E-state index in [1.54, 1.807) is 7.11 Å². The molecule has 18 heavy (non-hydrogen) atoms. The Balaban J connectivity index is 2.79. The summed E-state index contributed by atoms with van der Waals surface area (Å²) in [6.07, 6.45) is -0.727. The Hall–Kier alpha value is -1.59. The SMILES string of the molecule is COc1cc(C)c(C(O)CNCC(=O)O)c(C)c1. The minimum Gasteiger partial charge on any atom is -0.497 e. The maximum Gasteiger partial charge on any atom is 0.317 e. The van der Waals surface area contributed by atoms with Gasteiger partial charge < -0.3 is 20.3 Å². The number of carboxylic acid groups (broad SMARTS) is 1. The van der Waals surface area contributed by atoms with Crippen molar-refractivity contribution in [3.63, 3.8) is 0 Å². The molecule has 0 aliphatic rings. The molecule has 0 amide bonds. The number of methoxy groups -OCH3 is 1. The highest BCUT2D eigenvalue weighted by molar-refractivity contribution is 5.69. The van der Waals surface area contributed by atoms with Gasteiger partial charge in [-0.25, -0.2) is 0 Å². The standard InChI is InChI=1S/C13H19NO4/c1-8-4-10(18-3)5-9(2)13(8)11(15)6-14-7-12(16)17/h4-5,11,14-15H,6-7H2,1-3H3,(H,16,17). The van der Waals surface area contributed by atoms with E-state index in [-0.39, 0.29) is 13.1 Å². The smallest absolute Gasteiger partial charge is 0.317 e. The zero-order valence-electron chi connectivity index (χ0n) is 10.9. The van der Waals surface area contributed by atoms with Gasteiger partial charge in [0.1, 0.15) is 5.75 Å². The summed E-state index contributed by atoms with van der Waals surface area (Å²) < 4.78 is 5.15. The Labute approximate surface area is 106 Å². The topological polar surface area (TPSA) is 78.8 Å². The number of hydrogen-bond acceptors (Lipinski definition) is 4. The van der Waals surface area contributed by atoms with E-state index in [9.17, 15) is 9.90 Å². The molecular weight excluding hydrogens is 234 g/mol. The number of aliphatic carboxylic acids is 1. The van der Waals surface area contributed by atoms with Gasteiger partial charge in [0, 0.05) is 6.54 Å². The summed E-state index contributed by atoms with van der Waals surface area (Å²) >= 11 is 0. The summed E-state index contributed by atoms with van der Waals surface area (Å²) in [4.78, 5) is 10.4. The van der Waals surface area contributed by atoms with Crippen LogP contribution in [0.1, 0.15) is 22.8 Å². The van der Waals surface area contributed by atoms with Crippen molar-refractivity contribution in [2.75, 3.05) is 20.2 Å². The fourth-order valence-corrected chi connectivity index (χ4v) is 2.00. The van der Waals surface area contributed by atoms with Crippen molar-refractivity contribution in [3.8, 4) is 5.75 Å². The van der Waals surface area contributed by atoms with Gasteiger partial charge in [0.05, 0.1) is 19.8 Å². The van der Waals surface area contributed by atoms with E-state index in [1.165, 1.54) is 0 Å². The molecule has 1 aromatic carbocycles. The molecule has 0 aliphatic carbocycles. The van der Waals surface area contributed by atoms with Crippen LogP contribution in [0.15, 0.2) is 12.1 Å². The lowest BCUT2D eigenvalue weighted by Crippen LogP contribution is -2.27. The molecule has 0 heterocycles. The molecule has 100 valence electrons. The number of carbonyl (C=O) groups is 1. The van der Waals surface area contributed by atoms with Gasteiger partial charge in [0.15, 0.2) is 0 Å². The van der Waals surface area contributed by atoms with E-state index < -0.39 is 12.1 Å². The highest BCUT2D eigenvalue weighted by atomic mass is 16.5. The van der Waals surface area contributed by atoms with Gasteiger partial charge >= 0.3 is 5.97 Å². The molecule has 5 nitrogen and oxygen atoms in total. The third kappa shape index (κ3) is 3.72. The van der Waals surface area contributed by atoms with Crippen LogP contribution < -0.4 is 10.1 Å². The number of nitrogens with one attached hydrogen (secondary N) is 1. The summed E-state index contributed by atoms with van der Waals surface area (Å²) in [5.74, 6) is -0.190. The third-order valence-electron chi connectivity index (χ3n) is 2.75. The minimum absolute atomic E-state index is 0.161. The molecule has 0 aliphatic heterocycles. The predicted molar refractivity (Wildman–Crippen MR) is 67.9 cm³/mol. The molecule has 5 heteroatoms. The van der Waals surface area contributed by atoms with Crippen LogP contribution in [-0.2, 0) is 4.79 Å². The van der Waals surface area contributed by atoms with Crippen LogP contribution >= 0.6 is 0 Å². The van der Waals surface area contributed by atoms with Gasteiger partial charge in [0.2, 0.25) is 0 Å². The van der Waals surface area contributed by atoms with Crippen LogP contribution in [0.25, 0.3) is 0 Å². The lowest BCUT2D eigenvalue weighted by Gasteiger charge is -2.18. The van der Waals surface area contributed by atoms with Gasteiger partial charge in [-0.2, -0.15) is 0 Å². The molecule has 0 saturated carbocycles. The molecule has 0 saturated heterocycles. The first-order valence-electron chi connectivity index (χ1n) is 5.71. The summed E-state index contributed by atoms with van der Waals surface area (Å²) in [5.41, 5.74) is 2.67. The van der Waals surface area contributed by atoms with E-state index in [1.807, 2.05) is 26.0 Å². The molecule has 0 fully saturated rings. The number of ether oxygens (including phenoxy) is 1. The van der Waals surface area contributed by atoms with E-state index in [0.29, 0.717) is 0 Å². The van der Waals surface area contributed by atoms with E-state index in [4.69, 9.17) is 9.84 Å². The van der Waals surface area contributed by atoms with Gasteiger partial charge in [-0.05, 0) is 42.7 Å². The average molecular weight is 253 g/mol. The summed E-state index contributed by atoms with van der Waals surface area (Å²) in [6, 6.07) is 3.70. The van der Waals surface area contributed by atoms with Crippen LogP contribution in [0, 0.1) is 13.8 Å². The fraction of sp³-hybridized carbons (Fsp3) is 0.462. The zero-order valence-corrected chi connectivity index (χ0v) is 10.9. The lowest BCUT2D eigenvalue weighted by molar-refractivity contribution is -0.136. The second kappa shape index (κ2) is 6.37. The Morgan fingerprint density at radius 3 is 2.39 bits per heavy atom. The Kier molecular flexibility index (Phi) is 5.12. The van der Waals surface area contributed by atoms with Crippen molar-refractivity contribution in [1.29, 1.82) is 0 Å². The second-order valence-electron chi connectivity index (χ2n) is 4.22. The molecule has 1 atom stereocenters. The largest absolute Gasteiger partial charge is 0.497 e. The molecule has 0 aromatic heterocycles. The van der Waals surface area contributed by atoms with Gasteiger partial charge in [-0.15, -0.1) is 0 Å². The van der Waals surface area contributed by atoms with E-state index >= 15 is 0 Å². The number of aryl methyl sites for hydroxylation is 2. The Morgan fingerprint density at radius 1 is 1.39 bits per heavy atom. The minimum atomic E-state index is -0.939. The van der Waals surface area contributed by atoms with E-state index in [2.05, 4.69) is 5.32 Å². The van der Waals surface area contributed by atoms with Crippen LogP contribution in [0.4, 0.5) is 0 Å². The number of benzene rings is 1. The molecule has 0 spiro atoms. The maximum absolute atomic E-state index is 10.4. The van der Waals surface area contributed by atoms with Crippen molar-refractivity contribution in [3.05, 3.63) is 28.8 Å². The number of hydrogen-bond donors (Lipinski definition) is 3. The molecule has 1 rings (SSSR count). The summed E-state index contributed by atoms with van der Waals surface area (Å²) in [5, 5.41) is 21.3. The lowest BCUT2D eigenvalue weighted by atomic mass is 9.97. The zero-order chi connectivity index (χ0) is 13.7. The molecular formula is C13H19NO4.